The van der Waals surface area contributed by atoms with Crippen molar-refractivity contribution in [1.29, 1.82) is 0 Å². The molecule has 6 heavy (non-hydrogen) atoms. The maximum atomic E-state index is 5.57. The van der Waals surface area contributed by atoms with Crippen molar-refractivity contribution in [3.8, 4) is 0 Å². The number of hydrogen-bond acceptors (Lipinski definition) is 2. The van der Waals surface area contributed by atoms with E-state index in [1.807, 2.05) is 6.54 Å². The summed E-state index contributed by atoms with van der Waals surface area (Å²) >= 11 is 7.22. The number of alkyl halides is 1. The molecule has 0 bridgehead atoms. The van der Waals surface area contributed by atoms with Gasteiger partial charge in [0, 0.05) is 5.75 Å². The lowest BCUT2D eigenvalue weighted by atomic mass is 10.5. The molecule has 0 amide bonds. The summed E-state index contributed by atoms with van der Waals surface area (Å²) in [6, 6.07) is 0. The fourth-order valence-corrected chi connectivity index (χ4v) is 1.24. The highest BCUT2D eigenvalue weighted by Gasteiger charge is 2.10. The molecule has 1 aliphatic heterocycles. The largest absolute Gasteiger partial charge is 0.258 e. The lowest BCUT2D eigenvalue weighted by Crippen LogP contribution is -1.96. The molecule has 1 rings (SSSR count). The van der Waals surface area contributed by atoms with E-state index in [0.717, 1.165) is 5.75 Å². The minimum Gasteiger partial charge on any atom is -0.258 e. The first-order valence-electron chi connectivity index (χ1n) is 1.74. The van der Waals surface area contributed by atoms with E-state index in [-0.39, 0.29) is 5.38 Å². The highest BCUT2D eigenvalue weighted by Crippen LogP contribution is 2.14. The molecule has 1 saturated heterocycles. The van der Waals surface area contributed by atoms with Gasteiger partial charge in [0.2, 0.25) is 0 Å². The van der Waals surface area contributed by atoms with Gasteiger partial charge in [-0.05, 0) is 0 Å². The number of hydrogen-bond donors (Lipinski definition) is 1. The molecule has 1 aliphatic rings. The summed E-state index contributed by atoms with van der Waals surface area (Å²) in [7, 11) is 0. The summed E-state index contributed by atoms with van der Waals surface area (Å²) in [4.78, 5) is 0. The first-order valence-corrected chi connectivity index (χ1v) is 3.16. The minimum absolute atomic E-state index is 0.245. The highest BCUT2D eigenvalue weighted by molar-refractivity contribution is 7.97. The summed E-state index contributed by atoms with van der Waals surface area (Å²) in [6.07, 6.45) is 0. The van der Waals surface area contributed by atoms with Crippen molar-refractivity contribution in [1.82, 2.24) is 4.72 Å². The summed E-state index contributed by atoms with van der Waals surface area (Å²) in [5.41, 5.74) is 0. The predicted octanol–water partition coefficient (Wildman–Crippen LogP) is 1.01. The molecule has 1 nitrogen and oxygen atoms in total. The molecule has 0 aromatic rings. The maximum Gasteiger partial charge on any atom is 0.0617 e. The van der Waals surface area contributed by atoms with E-state index in [2.05, 4.69) is 4.72 Å². The van der Waals surface area contributed by atoms with Gasteiger partial charge in [-0.15, -0.1) is 11.6 Å². The molecule has 1 N–H and O–H groups in total. The smallest absolute Gasteiger partial charge is 0.0617 e. The third-order valence-electron chi connectivity index (χ3n) is 0.575. The van der Waals surface area contributed by atoms with E-state index in [0.29, 0.717) is 0 Å². The number of nitrogens with one attached hydrogen (secondary N) is 1. The molecule has 1 heterocycles. The Morgan fingerprint density at radius 2 is 2.83 bits per heavy atom. The molecular weight excluding hydrogens is 118 g/mol. The second kappa shape index (κ2) is 2.05. The Morgan fingerprint density at radius 3 is 3.00 bits per heavy atom. The monoisotopic (exact) mass is 122 g/mol. The van der Waals surface area contributed by atoms with Crippen LogP contribution in [0.4, 0.5) is 0 Å². The van der Waals surface area contributed by atoms with Gasteiger partial charge < -0.3 is 0 Å². The lowest BCUT2D eigenvalue weighted by Gasteiger charge is -1.84. The summed E-state index contributed by atoms with van der Waals surface area (Å²) in [6.45, 7) is 1.88. The van der Waals surface area contributed by atoms with E-state index < -0.39 is 0 Å². The molecule has 0 aliphatic carbocycles. The minimum atomic E-state index is 0.245. The van der Waals surface area contributed by atoms with Gasteiger partial charge in [-0.25, -0.2) is 0 Å². The molecular formula is C3H5ClNS. The Morgan fingerprint density at radius 1 is 2.00 bits per heavy atom. The summed E-state index contributed by atoms with van der Waals surface area (Å²) in [5, 5.41) is 0.245. The van der Waals surface area contributed by atoms with Crippen LogP contribution in [0.15, 0.2) is 0 Å². The van der Waals surface area contributed by atoms with E-state index in [1.165, 1.54) is 0 Å². The van der Waals surface area contributed by atoms with Gasteiger partial charge in [0.25, 0.3) is 0 Å². The fourth-order valence-electron chi connectivity index (χ4n) is 0.298. The second-order valence-corrected chi connectivity index (χ2v) is 2.53. The van der Waals surface area contributed by atoms with Gasteiger partial charge in [0.15, 0.2) is 0 Å². The lowest BCUT2D eigenvalue weighted by molar-refractivity contribution is 1.09. The fraction of sp³-hybridized carbons (Fsp3) is 0.667. The van der Waals surface area contributed by atoms with Crippen molar-refractivity contribution in [3.63, 3.8) is 0 Å². The Kier molecular flexibility index (Phi) is 1.62. The quantitative estimate of drug-likeness (QED) is 0.380. The zero-order valence-corrected chi connectivity index (χ0v) is 4.72. The maximum absolute atomic E-state index is 5.57. The van der Waals surface area contributed by atoms with Crippen molar-refractivity contribution < 1.29 is 0 Å². The molecule has 1 radical (unpaired) electrons. The van der Waals surface area contributed by atoms with Crippen LogP contribution in [0.5, 0.6) is 0 Å². The van der Waals surface area contributed by atoms with Gasteiger partial charge in [0.1, 0.15) is 0 Å². The van der Waals surface area contributed by atoms with Gasteiger partial charge in [-0.2, -0.15) is 0 Å². The first-order chi connectivity index (χ1) is 2.89. The van der Waals surface area contributed by atoms with E-state index in [4.69, 9.17) is 11.6 Å². The van der Waals surface area contributed by atoms with Crippen LogP contribution >= 0.6 is 23.5 Å². The van der Waals surface area contributed by atoms with Crippen LogP contribution in [-0.4, -0.2) is 11.1 Å². The summed E-state index contributed by atoms with van der Waals surface area (Å²) < 4.78 is 2.93. The standard InChI is InChI=1S/C3H5ClNS/c4-3-1-5-6-2-3/h1,3,5H,2H2. The predicted molar refractivity (Wildman–Crippen MR) is 29.5 cm³/mol. The van der Waals surface area contributed by atoms with Crippen LogP contribution in [0.3, 0.4) is 0 Å². The average Bonchev–Trinajstić information content (AvgIpc) is 1.86. The van der Waals surface area contributed by atoms with E-state index in [1.54, 1.807) is 11.9 Å². The SMILES string of the molecule is ClC1[CH]NSC1. The Labute approximate surface area is 46.6 Å². The number of halogens is 1. The van der Waals surface area contributed by atoms with Crippen molar-refractivity contribution >= 4 is 23.5 Å². The van der Waals surface area contributed by atoms with Crippen LogP contribution < -0.4 is 4.72 Å². The van der Waals surface area contributed by atoms with Crippen LogP contribution in [0.2, 0.25) is 0 Å². The Bertz CT molecular complexity index is 44.1. The number of rotatable bonds is 0. The van der Waals surface area contributed by atoms with E-state index in [9.17, 15) is 0 Å². The van der Waals surface area contributed by atoms with Gasteiger partial charge in [-0.3, -0.25) is 4.72 Å². The topological polar surface area (TPSA) is 12.0 Å². The Balaban J connectivity index is 2.18. The summed E-state index contributed by atoms with van der Waals surface area (Å²) in [5.74, 6) is 1.00. The molecule has 1 atom stereocenters. The first kappa shape index (κ1) is 4.75. The molecule has 0 aromatic heterocycles. The van der Waals surface area contributed by atoms with Gasteiger partial charge >= 0.3 is 0 Å². The van der Waals surface area contributed by atoms with Crippen molar-refractivity contribution in [3.05, 3.63) is 6.54 Å². The van der Waals surface area contributed by atoms with Crippen LogP contribution in [0.25, 0.3) is 0 Å². The van der Waals surface area contributed by atoms with Crippen molar-refractivity contribution in [2.45, 2.75) is 5.38 Å². The molecule has 0 spiro atoms. The van der Waals surface area contributed by atoms with Crippen molar-refractivity contribution in [2.75, 3.05) is 5.75 Å². The van der Waals surface area contributed by atoms with Gasteiger partial charge in [0.05, 0.1) is 11.9 Å². The van der Waals surface area contributed by atoms with Crippen LogP contribution in [0, 0.1) is 6.54 Å². The molecule has 3 heteroatoms. The molecule has 35 valence electrons. The van der Waals surface area contributed by atoms with Crippen LogP contribution in [0.1, 0.15) is 0 Å². The molecule has 0 saturated carbocycles. The molecule has 1 fully saturated rings. The second-order valence-electron chi connectivity index (χ2n) is 1.11. The highest BCUT2D eigenvalue weighted by atomic mass is 35.5. The normalized spacial score (nSPS) is 34.5. The van der Waals surface area contributed by atoms with Gasteiger partial charge in [-0.1, -0.05) is 11.9 Å². The zero-order chi connectivity index (χ0) is 4.41. The average molecular weight is 123 g/mol. The molecule has 0 aromatic carbocycles. The third kappa shape index (κ3) is 1.03. The van der Waals surface area contributed by atoms with Crippen LogP contribution in [-0.2, 0) is 0 Å². The zero-order valence-electron chi connectivity index (χ0n) is 3.15. The van der Waals surface area contributed by atoms with Crippen molar-refractivity contribution in [2.24, 2.45) is 0 Å². The van der Waals surface area contributed by atoms with E-state index >= 15 is 0 Å². The Hall–Kier alpha value is 0.600. The molecule has 1 unspecified atom stereocenters. The third-order valence-corrected chi connectivity index (χ3v) is 1.87.